The maximum atomic E-state index is 14.4. The molecule has 2 aromatic carbocycles. The van der Waals surface area contributed by atoms with Gasteiger partial charge in [0.25, 0.3) is 0 Å². The third-order valence-electron chi connectivity index (χ3n) is 4.60. The van der Waals surface area contributed by atoms with Gasteiger partial charge in [-0.05, 0) is 61.2 Å². The lowest BCUT2D eigenvalue weighted by molar-refractivity contribution is 0.434. The van der Waals surface area contributed by atoms with Crippen LogP contribution in [-0.2, 0) is 20.6 Å². The average Bonchev–Trinajstić information content (AvgIpc) is 2.60. The molecule has 0 radical (unpaired) electrons. The van der Waals surface area contributed by atoms with Crippen molar-refractivity contribution < 1.29 is 21.4 Å². The quantitative estimate of drug-likeness (QED) is 0.744. The molecule has 1 aliphatic heterocycles. The highest BCUT2D eigenvalue weighted by Gasteiger charge is 2.39. The maximum Gasteiger partial charge on any atom is 0.185 e. The van der Waals surface area contributed by atoms with Crippen LogP contribution in [0.25, 0.3) is 0 Å². The zero-order valence-corrected chi connectivity index (χ0v) is 16.1. The van der Waals surface area contributed by atoms with Crippen LogP contribution in [-0.4, -0.2) is 24.1 Å². The number of hydrogen-bond acceptors (Lipinski definition) is 3. The van der Waals surface area contributed by atoms with E-state index in [1.54, 1.807) is 0 Å². The van der Waals surface area contributed by atoms with E-state index in [1.807, 2.05) is 0 Å². The van der Waals surface area contributed by atoms with Crippen molar-refractivity contribution in [2.75, 3.05) is 11.5 Å². The summed E-state index contributed by atoms with van der Waals surface area (Å²) in [4.78, 5) is 0.00209. The Morgan fingerprint density at radius 1 is 1.04 bits per heavy atom. The standard InChI is InChI=1S/C18H17ClF2O3S2/c19-13-1-4-15(5-2-13)26(23,24)18(12-7-9-25(22)10-8-12)16-11-14(20)3-6-17(16)21/h1-6,11-12,18H,7-10H2. The molecule has 140 valence electrons. The summed E-state index contributed by atoms with van der Waals surface area (Å²) in [6, 6.07) is 8.47. The fourth-order valence-corrected chi connectivity index (χ4v) is 6.86. The predicted octanol–water partition coefficient (Wildman–Crippen LogP) is 4.29. The third kappa shape index (κ3) is 4.00. The molecule has 0 amide bonds. The van der Waals surface area contributed by atoms with Gasteiger partial charge < -0.3 is 0 Å². The molecule has 0 saturated carbocycles. The highest BCUT2D eigenvalue weighted by atomic mass is 35.5. The second-order valence-corrected chi connectivity index (χ2v) is 10.5. The van der Waals surface area contributed by atoms with Gasteiger partial charge in [-0.15, -0.1) is 0 Å². The first-order chi connectivity index (χ1) is 12.3. The molecule has 0 aliphatic carbocycles. The smallest absolute Gasteiger partial charge is 0.185 e. The molecule has 3 rings (SSSR count). The van der Waals surface area contributed by atoms with Crippen LogP contribution in [0.2, 0.25) is 5.02 Å². The van der Waals surface area contributed by atoms with Crippen molar-refractivity contribution in [2.45, 2.75) is 23.0 Å². The van der Waals surface area contributed by atoms with E-state index in [0.717, 1.165) is 18.2 Å². The summed E-state index contributed by atoms with van der Waals surface area (Å²) >= 11 is 5.83. The number of halogens is 3. The first-order valence-corrected chi connectivity index (χ1v) is 11.5. The van der Waals surface area contributed by atoms with Crippen molar-refractivity contribution >= 4 is 32.2 Å². The van der Waals surface area contributed by atoms with Crippen LogP contribution in [0, 0.1) is 17.6 Å². The summed E-state index contributed by atoms with van der Waals surface area (Å²) in [5.74, 6) is -1.19. The van der Waals surface area contributed by atoms with Gasteiger partial charge in [0, 0.05) is 32.9 Å². The molecule has 1 atom stereocenters. The van der Waals surface area contributed by atoms with Crippen molar-refractivity contribution in [1.29, 1.82) is 0 Å². The topological polar surface area (TPSA) is 51.2 Å². The van der Waals surface area contributed by atoms with E-state index >= 15 is 0 Å². The highest BCUT2D eigenvalue weighted by molar-refractivity contribution is 7.91. The normalized spacial score (nSPS) is 22.1. The van der Waals surface area contributed by atoms with E-state index in [2.05, 4.69) is 0 Å². The third-order valence-corrected chi connectivity index (χ3v) is 8.47. The van der Waals surface area contributed by atoms with Crippen LogP contribution in [0.3, 0.4) is 0 Å². The molecule has 0 N–H and O–H groups in total. The van der Waals surface area contributed by atoms with E-state index in [4.69, 9.17) is 11.6 Å². The van der Waals surface area contributed by atoms with Gasteiger partial charge in [0.15, 0.2) is 9.84 Å². The minimum Gasteiger partial charge on any atom is -0.260 e. The molecule has 0 aromatic heterocycles. The first kappa shape index (κ1) is 19.5. The molecule has 1 saturated heterocycles. The zero-order chi connectivity index (χ0) is 18.9. The Bertz CT molecular complexity index is 920. The second kappa shape index (κ2) is 7.74. The zero-order valence-electron chi connectivity index (χ0n) is 13.7. The Balaban J connectivity index is 2.12. The number of hydrogen-bond donors (Lipinski definition) is 0. The van der Waals surface area contributed by atoms with Crippen molar-refractivity contribution in [3.05, 3.63) is 64.7 Å². The number of rotatable bonds is 4. The lowest BCUT2D eigenvalue weighted by Crippen LogP contribution is -2.29. The monoisotopic (exact) mass is 418 g/mol. The van der Waals surface area contributed by atoms with Gasteiger partial charge in [0.2, 0.25) is 0 Å². The van der Waals surface area contributed by atoms with Crippen LogP contribution < -0.4 is 0 Å². The van der Waals surface area contributed by atoms with Crippen molar-refractivity contribution in [1.82, 2.24) is 0 Å². The van der Waals surface area contributed by atoms with Crippen LogP contribution in [0.15, 0.2) is 47.4 Å². The van der Waals surface area contributed by atoms with Gasteiger partial charge in [-0.3, -0.25) is 4.21 Å². The molecule has 1 fully saturated rings. The minimum absolute atomic E-state index is 0.00209. The van der Waals surface area contributed by atoms with E-state index in [9.17, 15) is 21.4 Å². The largest absolute Gasteiger partial charge is 0.260 e. The van der Waals surface area contributed by atoms with Gasteiger partial charge in [0.1, 0.15) is 11.6 Å². The molecular formula is C18H17ClF2O3S2. The minimum atomic E-state index is -3.99. The van der Waals surface area contributed by atoms with Gasteiger partial charge in [0.05, 0.1) is 10.1 Å². The van der Waals surface area contributed by atoms with Gasteiger partial charge in [-0.25, -0.2) is 17.2 Å². The van der Waals surface area contributed by atoms with Crippen LogP contribution >= 0.6 is 11.6 Å². The van der Waals surface area contributed by atoms with E-state index in [0.29, 0.717) is 29.4 Å². The van der Waals surface area contributed by atoms with Gasteiger partial charge >= 0.3 is 0 Å². The van der Waals surface area contributed by atoms with Crippen molar-refractivity contribution in [2.24, 2.45) is 5.92 Å². The van der Waals surface area contributed by atoms with E-state index in [-0.39, 0.29) is 10.5 Å². The summed E-state index contributed by atoms with van der Waals surface area (Å²) in [6.07, 6.45) is 0.750. The number of benzene rings is 2. The Kier molecular flexibility index (Phi) is 5.79. The van der Waals surface area contributed by atoms with Gasteiger partial charge in [-0.1, -0.05) is 11.6 Å². The van der Waals surface area contributed by atoms with Crippen LogP contribution in [0.5, 0.6) is 0 Å². The van der Waals surface area contributed by atoms with Gasteiger partial charge in [-0.2, -0.15) is 0 Å². The molecule has 8 heteroatoms. The summed E-state index contributed by atoms with van der Waals surface area (Å²) in [5.41, 5.74) is -0.183. The second-order valence-electron chi connectivity index (χ2n) is 6.27. The fraction of sp³-hybridized carbons (Fsp3) is 0.333. The Hall–Kier alpha value is -1.31. The van der Waals surface area contributed by atoms with Crippen LogP contribution in [0.4, 0.5) is 8.78 Å². The van der Waals surface area contributed by atoms with E-state index < -0.39 is 43.4 Å². The fourth-order valence-electron chi connectivity index (χ4n) is 3.29. The van der Waals surface area contributed by atoms with Crippen molar-refractivity contribution in [3.8, 4) is 0 Å². The highest BCUT2D eigenvalue weighted by Crippen LogP contribution is 2.41. The molecule has 1 unspecified atom stereocenters. The lowest BCUT2D eigenvalue weighted by Gasteiger charge is -2.30. The molecule has 1 aliphatic rings. The molecule has 1 heterocycles. The molecule has 0 bridgehead atoms. The Morgan fingerprint density at radius 2 is 1.65 bits per heavy atom. The maximum absolute atomic E-state index is 14.4. The summed E-state index contributed by atoms with van der Waals surface area (Å²) in [5, 5.41) is -0.859. The summed E-state index contributed by atoms with van der Waals surface area (Å²) in [6.45, 7) is 0. The Labute approximate surface area is 158 Å². The predicted molar refractivity (Wildman–Crippen MR) is 98.3 cm³/mol. The lowest BCUT2D eigenvalue weighted by atomic mass is 9.93. The average molecular weight is 419 g/mol. The summed E-state index contributed by atoms with van der Waals surface area (Å²) in [7, 11) is -4.99. The molecular weight excluding hydrogens is 402 g/mol. The van der Waals surface area contributed by atoms with Crippen molar-refractivity contribution in [3.63, 3.8) is 0 Å². The summed E-state index contributed by atoms with van der Waals surface area (Å²) < 4.78 is 66.4. The van der Waals surface area contributed by atoms with Crippen LogP contribution in [0.1, 0.15) is 23.7 Å². The molecule has 26 heavy (non-hydrogen) atoms. The Morgan fingerprint density at radius 3 is 2.27 bits per heavy atom. The first-order valence-electron chi connectivity index (χ1n) is 8.08. The SMILES string of the molecule is O=S1CCC(C(c2cc(F)ccc2F)S(=O)(=O)c2ccc(Cl)cc2)CC1. The molecule has 0 spiro atoms. The van der Waals surface area contributed by atoms with E-state index in [1.165, 1.54) is 24.3 Å². The number of sulfone groups is 1. The molecule has 2 aromatic rings. The molecule has 3 nitrogen and oxygen atoms in total.